The van der Waals surface area contributed by atoms with E-state index < -0.39 is 11.6 Å². The van der Waals surface area contributed by atoms with Crippen LogP contribution in [0, 0.1) is 11.6 Å². The molecule has 2 aromatic rings. The van der Waals surface area contributed by atoms with Crippen molar-refractivity contribution in [2.45, 2.75) is 12.3 Å². The van der Waals surface area contributed by atoms with Crippen LogP contribution < -0.4 is 10.1 Å². The molecule has 1 aliphatic heterocycles. The Morgan fingerprint density at radius 2 is 2.00 bits per heavy atom. The molecule has 1 unspecified atom stereocenters. The van der Waals surface area contributed by atoms with E-state index in [-0.39, 0.29) is 10.4 Å². The molecular weight excluding hydrogens is 340 g/mol. The second kappa shape index (κ2) is 6.02. The van der Waals surface area contributed by atoms with Gasteiger partial charge in [-0.2, -0.15) is 0 Å². The molecule has 1 aliphatic rings. The van der Waals surface area contributed by atoms with Gasteiger partial charge >= 0.3 is 0 Å². The highest BCUT2D eigenvalue weighted by Crippen LogP contribution is 2.34. The lowest BCUT2D eigenvalue weighted by Gasteiger charge is -2.26. The van der Waals surface area contributed by atoms with Crippen LogP contribution in [0.25, 0.3) is 0 Å². The van der Waals surface area contributed by atoms with Gasteiger partial charge in [0.1, 0.15) is 17.4 Å². The molecule has 0 amide bonds. The van der Waals surface area contributed by atoms with Gasteiger partial charge in [-0.1, -0.05) is 18.2 Å². The van der Waals surface area contributed by atoms with Crippen LogP contribution in [0.5, 0.6) is 5.75 Å². The minimum atomic E-state index is -0.602. The van der Waals surface area contributed by atoms with Gasteiger partial charge in [0, 0.05) is 18.5 Å². The third-order valence-electron chi connectivity index (χ3n) is 3.63. The van der Waals surface area contributed by atoms with Gasteiger partial charge in [0.2, 0.25) is 0 Å². The quantitative estimate of drug-likeness (QED) is 0.807. The van der Waals surface area contributed by atoms with Gasteiger partial charge < -0.3 is 10.1 Å². The first-order chi connectivity index (χ1) is 10.1. The molecule has 0 aromatic heterocycles. The second-order valence-electron chi connectivity index (χ2n) is 5.00. The summed E-state index contributed by atoms with van der Waals surface area (Å²) >= 11 is 3.07. The molecule has 21 heavy (non-hydrogen) atoms. The molecule has 0 spiro atoms. The standard InChI is InChI=1S/C16H14BrF2NO/c17-12-7-15(14(19)8-13(12)18)20-9-10-5-6-21-16-4-2-1-3-11(10)16/h1-4,7-8,10,20H,5-6,9H2. The van der Waals surface area contributed by atoms with Crippen molar-refractivity contribution in [3.05, 3.63) is 58.1 Å². The van der Waals surface area contributed by atoms with Crippen LogP contribution in [0.3, 0.4) is 0 Å². The van der Waals surface area contributed by atoms with Crippen LogP contribution in [0.4, 0.5) is 14.5 Å². The monoisotopic (exact) mass is 353 g/mol. The first kappa shape index (κ1) is 14.3. The Bertz CT molecular complexity index is 663. The average Bonchev–Trinajstić information content (AvgIpc) is 2.49. The normalized spacial score (nSPS) is 17.0. The summed E-state index contributed by atoms with van der Waals surface area (Å²) in [4.78, 5) is 0. The zero-order valence-electron chi connectivity index (χ0n) is 11.2. The number of anilines is 1. The number of fused-ring (bicyclic) bond motifs is 1. The number of hydrogen-bond acceptors (Lipinski definition) is 2. The lowest BCUT2D eigenvalue weighted by atomic mass is 9.93. The molecule has 1 N–H and O–H groups in total. The number of ether oxygens (including phenoxy) is 1. The molecule has 5 heteroatoms. The topological polar surface area (TPSA) is 21.3 Å². The predicted octanol–water partition coefficient (Wildman–Crippen LogP) is 4.71. The highest BCUT2D eigenvalue weighted by molar-refractivity contribution is 9.10. The second-order valence-corrected chi connectivity index (χ2v) is 5.85. The molecule has 0 saturated heterocycles. The van der Waals surface area contributed by atoms with Crippen molar-refractivity contribution in [1.29, 1.82) is 0 Å². The number of para-hydroxylation sites is 1. The van der Waals surface area contributed by atoms with Gasteiger partial charge in [0.25, 0.3) is 0 Å². The zero-order chi connectivity index (χ0) is 14.8. The van der Waals surface area contributed by atoms with E-state index in [1.54, 1.807) is 0 Å². The largest absolute Gasteiger partial charge is 0.493 e. The number of benzene rings is 2. The summed E-state index contributed by atoms with van der Waals surface area (Å²) in [5.74, 6) is -0.0556. The van der Waals surface area contributed by atoms with Gasteiger partial charge in [0.05, 0.1) is 16.8 Å². The van der Waals surface area contributed by atoms with E-state index in [9.17, 15) is 8.78 Å². The van der Waals surface area contributed by atoms with Crippen LogP contribution in [-0.4, -0.2) is 13.2 Å². The number of halogens is 3. The van der Waals surface area contributed by atoms with Crippen LogP contribution in [0.1, 0.15) is 17.9 Å². The van der Waals surface area contributed by atoms with Crippen LogP contribution in [-0.2, 0) is 0 Å². The highest BCUT2D eigenvalue weighted by Gasteiger charge is 2.21. The number of hydrogen-bond donors (Lipinski definition) is 1. The smallest absolute Gasteiger partial charge is 0.149 e. The van der Waals surface area contributed by atoms with Gasteiger partial charge in [-0.15, -0.1) is 0 Å². The molecule has 2 nitrogen and oxygen atoms in total. The molecule has 0 radical (unpaired) electrons. The van der Waals surface area contributed by atoms with E-state index in [0.29, 0.717) is 18.8 Å². The van der Waals surface area contributed by atoms with Gasteiger partial charge in [-0.3, -0.25) is 0 Å². The van der Waals surface area contributed by atoms with Crippen molar-refractivity contribution in [2.75, 3.05) is 18.5 Å². The van der Waals surface area contributed by atoms with E-state index in [2.05, 4.69) is 21.2 Å². The summed E-state index contributed by atoms with van der Waals surface area (Å²) in [6.07, 6.45) is 0.869. The minimum Gasteiger partial charge on any atom is -0.493 e. The maximum atomic E-state index is 13.7. The first-order valence-corrected chi connectivity index (χ1v) is 7.54. The number of rotatable bonds is 3. The summed E-state index contributed by atoms with van der Waals surface area (Å²) in [6, 6.07) is 10.2. The molecule has 110 valence electrons. The van der Waals surface area contributed by atoms with Crippen molar-refractivity contribution in [2.24, 2.45) is 0 Å². The SMILES string of the molecule is Fc1cc(F)c(NCC2CCOc3ccccc32)cc1Br. The van der Waals surface area contributed by atoms with Gasteiger partial charge in [-0.25, -0.2) is 8.78 Å². The Labute approximate surface area is 130 Å². The Morgan fingerprint density at radius 1 is 1.19 bits per heavy atom. The van der Waals surface area contributed by atoms with Crippen molar-refractivity contribution in [3.63, 3.8) is 0 Å². The fourth-order valence-corrected chi connectivity index (χ4v) is 2.86. The van der Waals surface area contributed by atoms with Crippen molar-refractivity contribution in [1.82, 2.24) is 0 Å². The van der Waals surface area contributed by atoms with Crippen LogP contribution >= 0.6 is 15.9 Å². The minimum absolute atomic E-state index is 0.248. The van der Waals surface area contributed by atoms with Gasteiger partial charge in [0.15, 0.2) is 0 Å². The zero-order valence-corrected chi connectivity index (χ0v) is 12.8. The molecule has 1 heterocycles. The summed E-state index contributed by atoms with van der Waals surface area (Å²) in [5, 5.41) is 3.06. The Kier molecular flexibility index (Phi) is 4.10. The fourth-order valence-electron chi connectivity index (χ4n) is 2.52. The summed E-state index contributed by atoms with van der Waals surface area (Å²) in [5.41, 5.74) is 1.42. The lowest BCUT2D eigenvalue weighted by molar-refractivity contribution is 0.270. The third kappa shape index (κ3) is 3.02. The Hall–Kier alpha value is -1.62. The van der Waals surface area contributed by atoms with Crippen molar-refractivity contribution >= 4 is 21.6 Å². The van der Waals surface area contributed by atoms with Crippen molar-refractivity contribution in [3.8, 4) is 5.75 Å². The predicted molar refractivity (Wildman–Crippen MR) is 81.8 cm³/mol. The Balaban J connectivity index is 1.76. The Morgan fingerprint density at radius 3 is 2.86 bits per heavy atom. The maximum absolute atomic E-state index is 13.7. The molecular formula is C16H14BrF2NO. The highest BCUT2D eigenvalue weighted by atomic mass is 79.9. The van der Waals surface area contributed by atoms with E-state index in [1.807, 2.05) is 24.3 Å². The number of nitrogens with one attached hydrogen (secondary N) is 1. The fraction of sp³-hybridized carbons (Fsp3) is 0.250. The third-order valence-corrected chi connectivity index (χ3v) is 4.24. The van der Waals surface area contributed by atoms with E-state index >= 15 is 0 Å². The maximum Gasteiger partial charge on any atom is 0.149 e. The van der Waals surface area contributed by atoms with Crippen LogP contribution in [0.15, 0.2) is 40.9 Å². The molecule has 2 aromatic carbocycles. The van der Waals surface area contributed by atoms with Crippen LogP contribution in [0.2, 0.25) is 0 Å². The molecule has 0 aliphatic carbocycles. The van der Waals surface area contributed by atoms with Gasteiger partial charge in [-0.05, 0) is 40.0 Å². The lowest BCUT2D eigenvalue weighted by Crippen LogP contribution is -2.21. The first-order valence-electron chi connectivity index (χ1n) is 6.75. The van der Waals surface area contributed by atoms with Crippen molar-refractivity contribution < 1.29 is 13.5 Å². The summed E-state index contributed by atoms with van der Waals surface area (Å²) in [6.45, 7) is 1.23. The summed E-state index contributed by atoms with van der Waals surface area (Å²) < 4.78 is 32.8. The average molecular weight is 354 g/mol. The van der Waals surface area contributed by atoms with E-state index in [1.165, 1.54) is 6.07 Å². The molecule has 0 fully saturated rings. The molecule has 0 saturated carbocycles. The summed E-state index contributed by atoms with van der Waals surface area (Å²) in [7, 11) is 0. The molecule has 0 bridgehead atoms. The molecule has 1 atom stereocenters. The molecule has 3 rings (SSSR count). The van der Waals surface area contributed by atoms with E-state index in [4.69, 9.17) is 4.74 Å². The van der Waals surface area contributed by atoms with E-state index in [0.717, 1.165) is 23.8 Å².